The van der Waals surface area contributed by atoms with Crippen LogP contribution >= 0.6 is 0 Å². The zero-order valence-electron chi connectivity index (χ0n) is 16.7. The number of amides is 1. The highest BCUT2D eigenvalue weighted by Gasteiger charge is 2.28. The normalized spacial score (nSPS) is 12.4. The predicted molar refractivity (Wildman–Crippen MR) is 118 cm³/mol. The van der Waals surface area contributed by atoms with Crippen molar-refractivity contribution in [2.45, 2.75) is 45.6 Å². The van der Waals surface area contributed by atoms with Crippen molar-refractivity contribution in [2.24, 2.45) is 0 Å². The maximum atomic E-state index is 12.8. The molecule has 5 nitrogen and oxygen atoms in total. The average Bonchev–Trinajstić information content (AvgIpc) is 3.17. The smallest absolute Gasteiger partial charge is 0.227 e. The highest BCUT2D eigenvalue weighted by atomic mass is 16.2. The standard InChI is InChI=1S/C22H23B2N4O/c1-2-20(29)27-15-16-9-3-4-10-17(16)22-21(18-11-5-6-12-19(18)27)25-26-28(22)14-8-7-13-24-23/h3-6,9-12H,2,7-8,13-15H2,1H3. The van der Waals surface area contributed by atoms with Crippen LogP contribution in [0.4, 0.5) is 5.69 Å². The third-order valence-electron chi connectivity index (χ3n) is 5.38. The van der Waals surface area contributed by atoms with E-state index in [-0.39, 0.29) is 5.91 Å². The Hall–Kier alpha value is -2.82. The lowest BCUT2D eigenvalue weighted by molar-refractivity contribution is -0.118. The van der Waals surface area contributed by atoms with Gasteiger partial charge >= 0.3 is 0 Å². The van der Waals surface area contributed by atoms with Crippen LogP contribution in [0.1, 0.15) is 31.7 Å². The van der Waals surface area contributed by atoms with Crippen LogP contribution in [-0.2, 0) is 17.9 Å². The summed E-state index contributed by atoms with van der Waals surface area (Å²) in [7, 11) is 7.22. The Morgan fingerprint density at radius 2 is 1.86 bits per heavy atom. The molecule has 2 heterocycles. The number of aryl methyl sites for hydroxylation is 1. The first-order valence-corrected chi connectivity index (χ1v) is 10.2. The number of carbonyl (C=O) groups excluding carboxylic acids is 1. The summed E-state index contributed by atoms with van der Waals surface area (Å²) in [6.07, 6.45) is 3.34. The first kappa shape index (κ1) is 19.5. The van der Waals surface area contributed by atoms with Crippen LogP contribution in [0.3, 0.4) is 0 Å². The van der Waals surface area contributed by atoms with E-state index < -0.39 is 0 Å². The molecule has 0 N–H and O–H groups in total. The summed E-state index contributed by atoms with van der Waals surface area (Å²) in [6, 6.07) is 16.2. The van der Waals surface area contributed by atoms with Crippen LogP contribution in [-0.4, -0.2) is 35.8 Å². The highest BCUT2D eigenvalue weighted by molar-refractivity contribution is 6.89. The van der Waals surface area contributed by atoms with Gasteiger partial charge in [-0.3, -0.25) is 4.79 Å². The number of para-hydroxylation sites is 1. The molecule has 4 rings (SSSR count). The van der Waals surface area contributed by atoms with Gasteiger partial charge in [0.25, 0.3) is 0 Å². The van der Waals surface area contributed by atoms with Crippen LogP contribution in [0, 0.1) is 0 Å². The molecule has 1 amide bonds. The van der Waals surface area contributed by atoms with Crippen LogP contribution in [0.25, 0.3) is 22.5 Å². The molecular formula is C22H23B2N4O. The van der Waals surface area contributed by atoms with E-state index >= 15 is 0 Å². The van der Waals surface area contributed by atoms with Crippen molar-refractivity contribution < 1.29 is 4.79 Å². The lowest BCUT2D eigenvalue weighted by Gasteiger charge is -2.28. The predicted octanol–water partition coefficient (Wildman–Crippen LogP) is 3.85. The number of carbonyl (C=O) groups is 1. The molecule has 0 saturated carbocycles. The number of anilines is 1. The quantitative estimate of drug-likeness (QED) is 0.482. The minimum absolute atomic E-state index is 0.0983. The summed E-state index contributed by atoms with van der Waals surface area (Å²) in [5, 5.41) is 9.05. The first-order valence-electron chi connectivity index (χ1n) is 10.2. The Bertz CT molecular complexity index is 1020. The van der Waals surface area contributed by atoms with Gasteiger partial charge in [0.05, 0.1) is 25.1 Å². The zero-order valence-corrected chi connectivity index (χ0v) is 16.7. The van der Waals surface area contributed by atoms with E-state index in [9.17, 15) is 4.79 Å². The highest BCUT2D eigenvalue weighted by Crippen LogP contribution is 2.41. The third kappa shape index (κ3) is 3.74. The Kier molecular flexibility index (Phi) is 5.84. The maximum Gasteiger partial charge on any atom is 0.227 e. The molecule has 2 aromatic carbocycles. The Morgan fingerprint density at radius 3 is 2.66 bits per heavy atom. The van der Waals surface area contributed by atoms with Crippen molar-refractivity contribution in [1.82, 2.24) is 15.0 Å². The van der Waals surface area contributed by atoms with Gasteiger partial charge in [-0.25, -0.2) is 4.68 Å². The van der Waals surface area contributed by atoms with Gasteiger partial charge < -0.3 is 4.90 Å². The molecule has 3 radical (unpaired) electrons. The molecule has 7 heteroatoms. The van der Waals surface area contributed by atoms with Crippen LogP contribution < -0.4 is 4.90 Å². The molecule has 29 heavy (non-hydrogen) atoms. The molecule has 1 aliphatic heterocycles. The zero-order chi connectivity index (χ0) is 20.2. The molecule has 1 aliphatic rings. The summed E-state index contributed by atoms with van der Waals surface area (Å²) >= 11 is 0. The largest absolute Gasteiger partial charge is 0.307 e. The van der Waals surface area contributed by atoms with Crippen molar-refractivity contribution in [3.63, 3.8) is 0 Å². The molecule has 0 spiro atoms. The summed E-state index contributed by atoms with van der Waals surface area (Å²) in [4.78, 5) is 14.7. The van der Waals surface area contributed by atoms with Gasteiger partial charge in [-0.05, 0) is 18.1 Å². The second kappa shape index (κ2) is 8.68. The van der Waals surface area contributed by atoms with E-state index in [1.165, 1.54) is 0 Å². The van der Waals surface area contributed by atoms with Gasteiger partial charge in [0.2, 0.25) is 5.91 Å². The number of rotatable bonds is 6. The van der Waals surface area contributed by atoms with Crippen molar-refractivity contribution in [3.05, 3.63) is 54.1 Å². The fourth-order valence-electron chi connectivity index (χ4n) is 3.91. The van der Waals surface area contributed by atoms with Gasteiger partial charge in [0.15, 0.2) is 0 Å². The number of benzene rings is 2. The lowest BCUT2D eigenvalue weighted by Crippen LogP contribution is -2.31. The van der Waals surface area contributed by atoms with E-state index in [0.29, 0.717) is 13.0 Å². The van der Waals surface area contributed by atoms with Crippen molar-refractivity contribution in [3.8, 4) is 22.5 Å². The fourth-order valence-corrected chi connectivity index (χ4v) is 3.91. The SMILES string of the molecule is [B][B]CCCCn1nnc2c1-c1ccccc1CN(C(=O)CC)c1ccccc1-2. The fraction of sp³-hybridized carbons (Fsp3) is 0.318. The van der Waals surface area contributed by atoms with Gasteiger partial charge in [0.1, 0.15) is 5.69 Å². The molecule has 1 aromatic heterocycles. The minimum Gasteiger partial charge on any atom is -0.307 e. The van der Waals surface area contributed by atoms with E-state index in [1.807, 2.05) is 52.9 Å². The number of fused-ring (bicyclic) bond motifs is 5. The molecule has 0 aliphatic carbocycles. The number of unbranched alkanes of at least 4 members (excludes halogenated alkanes) is 1. The molecule has 0 fully saturated rings. The van der Waals surface area contributed by atoms with Crippen LogP contribution in [0.5, 0.6) is 0 Å². The summed E-state index contributed by atoms with van der Waals surface area (Å²) < 4.78 is 2.00. The average molecular weight is 381 g/mol. The second-order valence-electron chi connectivity index (χ2n) is 7.25. The summed E-state index contributed by atoms with van der Waals surface area (Å²) in [5.74, 6) is 0.0983. The van der Waals surface area contributed by atoms with Gasteiger partial charge in [-0.2, -0.15) is 0 Å². The van der Waals surface area contributed by atoms with Crippen molar-refractivity contribution in [1.29, 1.82) is 0 Å². The molecule has 3 aromatic rings. The van der Waals surface area contributed by atoms with E-state index in [2.05, 4.69) is 22.4 Å². The first-order chi connectivity index (χ1) is 14.2. The number of hydrogen-bond acceptors (Lipinski definition) is 3. The van der Waals surface area contributed by atoms with Crippen LogP contribution in [0.2, 0.25) is 6.32 Å². The van der Waals surface area contributed by atoms with Crippen molar-refractivity contribution >= 4 is 26.5 Å². The maximum absolute atomic E-state index is 12.8. The topological polar surface area (TPSA) is 51.0 Å². The van der Waals surface area contributed by atoms with Gasteiger partial charge in [-0.1, -0.05) is 67.3 Å². The molecule has 0 bridgehead atoms. The van der Waals surface area contributed by atoms with E-state index in [1.54, 1.807) is 7.17 Å². The molecule has 0 saturated heterocycles. The second-order valence-corrected chi connectivity index (χ2v) is 7.25. The van der Waals surface area contributed by atoms with Gasteiger partial charge in [0, 0.05) is 31.8 Å². The number of nitrogens with zero attached hydrogens (tertiary/aromatic N) is 4. The minimum atomic E-state index is 0.0983. The van der Waals surface area contributed by atoms with Crippen molar-refractivity contribution in [2.75, 3.05) is 4.90 Å². The Labute approximate surface area is 173 Å². The Morgan fingerprint density at radius 1 is 1.10 bits per heavy atom. The summed E-state index contributed by atoms with van der Waals surface area (Å²) in [5.41, 5.74) is 5.87. The number of aromatic nitrogens is 3. The molecular weight excluding hydrogens is 358 g/mol. The van der Waals surface area contributed by atoms with Gasteiger partial charge in [-0.15, -0.1) is 5.10 Å². The number of hydrogen-bond donors (Lipinski definition) is 0. The van der Waals surface area contributed by atoms with E-state index in [4.69, 9.17) is 7.74 Å². The Balaban J connectivity index is 1.88. The molecule has 143 valence electrons. The third-order valence-corrected chi connectivity index (χ3v) is 5.38. The monoisotopic (exact) mass is 381 g/mol. The molecule has 0 unspecified atom stereocenters. The summed E-state index contributed by atoms with van der Waals surface area (Å²) in [6.45, 7) is 3.22. The lowest BCUT2D eigenvalue weighted by atomic mass is 9.53. The van der Waals surface area contributed by atoms with E-state index in [0.717, 1.165) is 59.5 Å². The van der Waals surface area contributed by atoms with Crippen LogP contribution in [0.15, 0.2) is 48.5 Å². The molecule has 0 atom stereocenters.